The lowest BCUT2D eigenvalue weighted by Crippen LogP contribution is -2.20. The maximum Gasteiger partial charge on any atom is 0.125 e. The summed E-state index contributed by atoms with van der Waals surface area (Å²) in [6.45, 7) is 8.76. The Morgan fingerprint density at radius 1 is 1.00 bits per heavy atom. The zero-order valence-corrected chi connectivity index (χ0v) is 16.0. The highest BCUT2D eigenvalue weighted by molar-refractivity contribution is 5.58. The third kappa shape index (κ3) is 8.40. The Bertz CT molecular complexity index is 572. The minimum Gasteiger partial charge on any atom is -0.490 e. The van der Waals surface area contributed by atoms with Crippen LogP contribution < -0.4 is 9.47 Å². The number of benzene rings is 1. The zero-order valence-electron chi connectivity index (χ0n) is 16.0. The Labute approximate surface area is 151 Å². The molecule has 0 bridgehead atoms. The SMILES string of the molecule is C/C=C/COc1cc(C)c(OC/C=C/CN(C)CC=NOC)c(C)c1. The summed E-state index contributed by atoms with van der Waals surface area (Å²) < 4.78 is 11.6. The normalized spacial score (nSPS) is 11.9. The molecule has 0 saturated heterocycles. The van der Waals surface area contributed by atoms with Crippen molar-refractivity contribution < 1.29 is 14.3 Å². The van der Waals surface area contributed by atoms with Crippen LogP contribution in [0.1, 0.15) is 18.1 Å². The van der Waals surface area contributed by atoms with E-state index >= 15 is 0 Å². The van der Waals surface area contributed by atoms with E-state index in [2.05, 4.69) is 21.0 Å². The molecular formula is C20H30N2O3. The van der Waals surface area contributed by atoms with Crippen LogP contribution in [0.15, 0.2) is 41.6 Å². The molecule has 0 aliphatic carbocycles. The molecule has 0 spiro atoms. The minimum atomic E-state index is 0.542. The molecule has 0 radical (unpaired) electrons. The predicted octanol–water partition coefficient (Wildman–Crippen LogP) is 3.76. The van der Waals surface area contributed by atoms with Gasteiger partial charge < -0.3 is 14.3 Å². The Balaban J connectivity index is 2.46. The summed E-state index contributed by atoms with van der Waals surface area (Å²) in [5.74, 6) is 1.79. The summed E-state index contributed by atoms with van der Waals surface area (Å²) in [5.41, 5.74) is 2.16. The van der Waals surface area contributed by atoms with Gasteiger partial charge >= 0.3 is 0 Å². The summed E-state index contributed by atoms with van der Waals surface area (Å²) in [6.07, 6.45) is 9.81. The van der Waals surface area contributed by atoms with Crippen LogP contribution in [0.5, 0.6) is 11.5 Å². The lowest BCUT2D eigenvalue weighted by Gasteiger charge is -2.13. The fraction of sp³-hybridized carbons (Fsp3) is 0.450. The van der Waals surface area contributed by atoms with E-state index in [0.29, 0.717) is 13.2 Å². The molecule has 0 unspecified atom stereocenters. The first-order valence-electron chi connectivity index (χ1n) is 8.45. The third-order valence-electron chi connectivity index (χ3n) is 3.50. The monoisotopic (exact) mass is 346 g/mol. The van der Waals surface area contributed by atoms with Gasteiger partial charge in [-0.15, -0.1) is 0 Å². The Kier molecular flexibility index (Phi) is 10.1. The summed E-state index contributed by atoms with van der Waals surface area (Å²) in [5, 5.41) is 3.72. The number of allylic oxidation sites excluding steroid dienone is 1. The van der Waals surface area contributed by atoms with E-state index < -0.39 is 0 Å². The smallest absolute Gasteiger partial charge is 0.125 e. The summed E-state index contributed by atoms with van der Waals surface area (Å²) in [6, 6.07) is 4.02. The molecule has 1 rings (SSSR count). The molecule has 0 amide bonds. The van der Waals surface area contributed by atoms with E-state index in [-0.39, 0.29) is 0 Å². The van der Waals surface area contributed by atoms with Crippen LogP contribution in [0.25, 0.3) is 0 Å². The minimum absolute atomic E-state index is 0.542. The average molecular weight is 346 g/mol. The van der Waals surface area contributed by atoms with Crippen LogP contribution in [0.2, 0.25) is 0 Å². The molecule has 0 aliphatic heterocycles. The van der Waals surface area contributed by atoms with Crippen molar-refractivity contribution in [3.05, 3.63) is 47.6 Å². The number of nitrogens with zero attached hydrogens (tertiary/aromatic N) is 2. The molecule has 5 heteroatoms. The molecule has 1 aromatic rings. The molecular weight excluding hydrogens is 316 g/mol. The van der Waals surface area contributed by atoms with Crippen LogP contribution in [0.3, 0.4) is 0 Å². The lowest BCUT2D eigenvalue weighted by molar-refractivity contribution is 0.213. The second-order valence-electron chi connectivity index (χ2n) is 5.74. The van der Waals surface area contributed by atoms with Crippen molar-refractivity contribution >= 4 is 6.21 Å². The molecule has 0 heterocycles. The zero-order chi connectivity index (χ0) is 18.5. The number of hydrogen-bond donors (Lipinski definition) is 0. The lowest BCUT2D eigenvalue weighted by atomic mass is 10.1. The van der Waals surface area contributed by atoms with Gasteiger partial charge in [-0.2, -0.15) is 0 Å². The van der Waals surface area contributed by atoms with Crippen molar-refractivity contribution in [1.82, 2.24) is 4.90 Å². The maximum atomic E-state index is 5.91. The average Bonchev–Trinajstić information content (AvgIpc) is 2.57. The first-order chi connectivity index (χ1) is 12.1. The standard InChI is InChI=1S/C20H30N2O3/c1-6-7-13-24-19-15-17(2)20(18(3)16-19)25-14-9-8-11-22(4)12-10-21-23-5/h6-10,15-16H,11-14H2,1-5H3/b7-6+,9-8+,21-10?. The molecule has 0 fully saturated rings. The number of aryl methyl sites for hydroxylation is 2. The van der Waals surface area contributed by atoms with Gasteiger partial charge in [0.05, 0.1) is 6.21 Å². The van der Waals surface area contributed by atoms with Gasteiger partial charge in [-0.3, -0.25) is 4.90 Å². The van der Waals surface area contributed by atoms with Gasteiger partial charge in [-0.1, -0.05) is 29.5 Å². The van der Waals surface area contributed by atoms with Crippen molar-refractivity contribution in [3.8, 4) is 11.5 Å². The summed E-state index contributed by atoms with van der Waals surface area (Å²) in [7, 11) is 3.56. The fourth-order valence-electron chi connectivity index (χ4n) is 2.24. The topological polar surface area (TPSA) is 43.3 Å². The van der Waals surface area contributed by atoms with E-state index in [1.807, 2.05) is 58.2 Å². The molecule has 0 atom stereocenters. The molecule has 0 aromatic heterocycles. The summed E-state index contributed by atoms with van der Waals surface area (Å²) >= 11 is 0. The van der Waals surface area contributed by atoms with Crippen molar-refractivity contribution in [2.45, 2.75) is 20.8 Å². The van der Waals surface area contributed by atoms with Gasteiger partial charge in [-0.05, 0) is 51.1 Å². The quantitative estimate of drug-likeness (QED) is 0.348. The van der Waals surface area contributed by atoms with E-state index in [0.717, 1.165) is 35.7 Å². The molecule has 0 aliphatic rings. The van der Waals surface area contributed by atoms with Crippen LogP contribution in [-0.4, -0.2) is 51.6 Å². The largest absolute Gasteiger partial charge is 0.490 e. The van der Waals surface area contributed by atoms with E-state index in [9.17, 15) is 0 Å². The van der Waals surface area contributed by atoms with Crippen LogP contribution >= 0.6 is 0 Å². The molecule has 25 heavy (non-hydrogen) atoms. The fourth-order valence-corrected chi connectivity index (χ4v) is 2.24. The highest BCUT2D eigenvalue weighted by Gasteiger charge is 2.06. The number of likely N-dealkylation sites (N-methyl/N-ethyl adjacent to an activating group) is 1. The van der Waals surface area contributed by atoms with Gasteiger partial charge in [-0.25, -0.2) is 0 Å². The highest BCUT2D eigenvalue weighted by atomic mass is 16.6. The number of ether oxygens (including phenoxy) is 2. The highest BCUT2D eigenvalue weighted by Crippen LogP contribution is 2.28. The second-order valence-corrected chi connectivity index (χ2v) is 5.74. The van der Waals surface area contributed by atoms with Crippen molar-refractivity contribution in [2.75, 3.05) is 40.5 Å². The predicted molar refractivity (Wildman–Crippen MR) is 104 cm³/mol. The molecule has 138 valence electrons. The third-order valence-corrected chi connectivity index (χ3v) is 3.50. The van der Waals surface area contributed by atoms with Crippen LogP contribution in [0, 0.1) is 13.8 Å². The van der Waals surface area contributed by atoms with Crippen LogP contribution in [0.4, 0.5) is 0 Å². The van der Waals surface area contributed by atoms with Crippen molar-refractivity contribution in [1.29, 1.82) is 0 Å². The summed E-state index contributed by atoms with van der Waals surface area (Å²) in [4.78, 5) is 6.75. The Hall–Kier alpha value is -2.27. The molecule has 0 saturated carbocycles. The molecule has 0 N–H and O–H groups in total. The van der Waals surface area contributed by atoms with Crippen molar-refractivity contribution in [2.24, 2.45) is 5.16 Å². The van der Waals surface area contributed by atoms with Crippen molar-refractivity contribution in [3.63, 3.8) is 0 Å². The van der Waals surface area contributed by atoms with E-state index in [4.69, 9.17) is 9.47 Å². The van der Waals surface area contributed by atoms with Gasteiger partial charge in [0.1, 0.15) is 31.8 Å². The van der Waals surface area contributed by atoms with Gasteiger partial charge in [0.25, 0.3) is 0 Å². The van der Waals surface area contributed by atoms with Gasteiger partial charge in [0.15, 0.2) is 0 Å². The molecule has 5 nitrogen and oxygen atoms in total. The molecule has 1 aromatic carbocycles. The maximum absolute atomic E-state index is 5.91. The van der Waals surface area contributed by atoms with Gasteiger partial charge in [0, 0.05) is 13.1 Å². The Morgan fingerprint density at radius 3 is 2.32 bits per heavy atom. The number of rotatable bonds is 11. The van der Waals surface area contributed by atoms with E-state index in [1.54, 1.807) is 13.3 Å². The second kappa shape index (κ2) is 12.1. The van der Waals surface area contributed by atoms with E-state index in [1.165, 1.54) is 0 Å². The van der Waals surface area contributed by atoms with Crippen LogP contribution in [-0.2, 0) is 4.84 Å². The first-order valence-corrected chi connectivity index (χ1v) is 8.45. The number of hydrogen-bond acceptors (Lipinski definition) is 5. The number of oxime groups is 1. The Morgan fingerprint density at radius 2 is 1.68 bits per heavy atom. The first kappa shape index (κ1) is 20.8. The van der Waals surface area contributed by atoms with Gasteiger partial charge in [0.2, 0.25) is 0 Å².